The summed E-state index contributed by atoms with van der Waals surface area (Å²) in [5.74, 6) is 0.552. The standard InChI is InChI=1S/C17H16N4O/c1-21-10-14(9-18-21)12-4-5-16-13(6-12)7-15(19-20-16)8-17(22)11-2-3-11/h4-7,9-11H,2-3,8H2,1H3. The predicted octanol–water partition coefficient (Wildman–Crippen LogP) is 2.55. The van der Waals surface area contributed by atoms with Gasteiger partial charge in [0.15, 0.2) is 0 Å². The number of benzene rings is 1. The summed E-state index contributed by atoms with van der Waals surface area (Å²) in [5, 5.41) is 13.6. The first-order valence-corrected chi connectivity index (χ1v) is 7.47. The number of fused-ring (bicyclic) bond motifs is 1. The molecule has 2 aromatic heterocycles. The number of Topliss-reactive ketones (excluding diaryl/α,β-unsaturated/α-hetero) is 1. The van der Waals surface area contributed by atoms with Crippen LogP contribution in [0.5, 0.6) is 0 Å². The van der Waals surface area contributed by atoms with E-state index < -0.39 is 0 Å². The van der Waals surface area contributed by atoms with Crippen LogP contribution < -0.4 is 0 Å². The monoisotopic (exact) mass is 292 g/mol. The molecule has 0 unspecified atom stereocenters. The van der Waals surface area contributed by atoms with Crippen molar-refractivity contribution in [3.63, 3.8) is 0 Å². The van der Waals surface area contributed by atoms with E-state index in [0.717, 1.165) is 40.6 Å². The van der Waals surface area contributed by atoms with E-state index in [2.05, 4.69) is 21.4 Å². The molecule has 0 bridgehead atoms. The maximum absolute atomic E-state index is 11.9. The molecule has 4 rings (SSSR count). The van der Waals surface area contributed by atoms with Crippen molar-refractivity contribution in [3.05, 3.63) is 42.4 Å². The van der Waals surface area contributed by atoms with Gasteiger partial charge in [-0.05, 0) is 36.6 Å². The summed E-state index contributed by atoms with van der Waals surface area (Å²) in [4.78, 5) is 11.9. The van der Waals surface area contributed by atoms with Crippen molar-refractivity contribution >= 4 is 16.7 Å². The number of ketones is 1. The van der Waals surface area contributed by atoms with Crippen LogP contribution in [0.25, 0.3) is 22.0 Å². The number of aromatic nitrogens is 4. The molecule has 5 nitrogen and oxygen atoms in total. The van der Waals surface area contributed by atoms with E-state index in [-0.39, 0.29) is 11.7 Å². The molecule has 0 saturated heterocycles. The van der Waals surface area contributed by atoms with Gasteiger partial charge >= 0.3 is 0 Å². The van der Waals surface area contributed by atoms with Gasteiger partial charge in [0.1, 0.15) is 5.78 Å². The molecule has 3 aromatic rings. The second kappa shape index (κ2) is 5.02. The Bertz CT molecular complexity index is 864. The number of carbonyl (C=O) groups excluding carboxylic acids is 1. The van der Waals surface area contributed by atoms with Gasteiger partial charge in [-0.2, -0.15) is 15.3 Å². The SMILES string of the molecule is Cn1cc(-c2ccc3nnc(CC(=O)C4CC4)cc3c2)cn1. The van der Waals surface area contributed by atoms with Gasteiger partial charge in [0.25, 0.3) is 0 Å². The third-order valence-electron chi connectivity index (χ3n) is 4.06. The first kappa shape index (κ1) is 13.1. The van der Waals surface area contributed by atoms with Gasteiger partial charge in [0.05, 0.1) is 23.8 Å². The Balaban J connectivity index is 1.69. The van der Waals surface area contributed by atoms with Gasteiger partial charge in [0.2, 0.25) is 0 Å². The molecule has 22 heavy (non-hydrogen) atoms. The van der Waals surface area contributed by atoms with Crippen molar-refractivity contribution in [2.75, 3.05) is 0 Å². The van der Waals surface area contributed by atoms with Gasteiger partial charge in [-0.3, -0.25) is 9.48 Å². The molecule has 1 saturated carbocycles. The smallest absolute Gasteiger partial charge is 0.141 e. The second-order valence-electron chi connectivity index (χ2n) is 5.93. The molecule has 1 fully saturated rings. The molecule has 110 valence electrons. The van der Waals surface area contributed by atoms with Crippen molar-refractivity contribution in [2.24, 2.45) is 13.0 Å². The van der Waals surface area contributed by atoms with Gasteiger partial charge in [-0.15, -0.1) is 0 Å². The highest BCUT2D eigenvalue weighted by Crippen LogP contribution is 2.31. The van der Waals surface area contributed by atoms with E-state index in [1.807, 2.05) is 37.6 Å². The number of rotatable bonds is 4. The van der Waals surface area contributed by atoms with Crippen LogP contribution in [0.4, 0.5) is 0 Å². The first-order chi connectivity index (χ1) is 10.7. The van der Waals surface area contributed by atoms with E-state index in [0.29, 0.717) is 6.42 Å². The average molecular weight is 292 g/mol. The molecule has 0 aliphatic heterocycles. The van der Waals surface area contributed by atoms with Crippen LogP contribution in [0.1, 0.15) is 18.5 Å². The van der Waals surface area contributed by atoms with Gasteiger partial charge in [-0.25, -0.2) is 0 Å². The zero-order valence-corrected chi connectivity index (χ0v) is 12.4. The Morgan fingerprint density at radius 2 is 2.09 bits per heavy atom. The van der Waals surface area contributed by atoms with Crippen LogP contribution in [0.2, 0.25) is 0 Å². The van der Waals surface area contributed by atoms with E-state index in [4.69, 9.17) is 0 Å². The summed E-state index contributed by atoms with van der Waals surface area (Å²) >= 11 is 0. The van der Waals surface area contributed by atoms with Crippen LogP contribution in [0.3, 0.4) is 0 Å². The lowest BCUT2D eigenvalue weighted by atomic mass is 10.1. The van der Waals surface area contributed by atoms with E-state index in [9.17, 15) is 4.79 Å². The second-order valence-corrected chi connectivity index (χ2v) is 5.93. The zero-order valence-electron chi connectivity index (χ0n) is 12.4. The van der Waals surface area contributed by atoms with Crippen LogP contribution in [-0.4, -0.2) is 25.8 Å². The van der Waals surface area contributed by atoms with Gasteiger partial charge in [-0.1, -0.05) is 6.07 Å². The summed E-state index contributed by atoms with van der Waals surface area (Å²) in [5.41, 5.74) is 3.76. The molecular weight excluding hydrogens is 276 g/mol. The lowest BCUT2D eigenvalue weighted by Crippen LogP contribution is -2.07. The predicted molar refractivity (Wildman–Crippen MR) is 83.2 cm³/mol. The summed E-state index contributed by atoms with van der Waals surface area (Å²) in [6.45, 7) is 0. The highest BCUT2D eigenvalue weighted by Gasteiger charge is 2.29. The fourth-order valence-corrected chi connectivity index (χ4v) is 2.65. The normalized spacial score (nSPS) is 14.4. The summed E-state index contributed by atoms with van der Waals surface area (Å²) in [7, 11) is 1.90. The molecule has 5 heteroatoms. The molecule has 1 aliphatic carbocycles. The topological polar surface area (TPSA) is 60.7 Å². The molecule has 0 radical (unpaired) electrons. The Morgan fingerprint density at radius 1 is 1.23 bits per heavy atom. The van der Waals surface area contributed by atoms with E-state index in [1.54, 1.807) is 4.68 Å². The number of aryl methyl sites for hydroxylation is 1. The lowest BCUT2D eigenvalue weighted by Gasteiger charge is -2.03. The molecule has 2 heterocycles. The number of hydrogen-bond donors (Lipinski definition) is 0. The first-order valence-electron chi connectivity index (χ1n) is 7.47. The summed E-state index contributed by atoms with van der Waals surface area (Å²) in [6, 6.07) is 8.02. The van der Waals surface area contributed by atoms with Crippen molar-refractivity contribution in [1.82, 2.24) is 20.0 Å². The minimum absolute atomic E-state index is 0.263. The fourth-order valence-electron chi connectivity index (χ4n) is 2.65. The van der Waals surface area contributed by atoms with Crippen molar-refractivity contribution in [3.8, 4) is 11.1 Å². The maximum atomic E-state index is 11.9. The largest absolute Gasteiger partial charge is 0.299 e. The lowest BCUT2D eigenvalue weighted by molar-refractivity contribution is -0.119. The van der Waals surface area contributed by atoms with Crippen LogP contribution in [-0.2, 0) is 18.3 Å². The van der Waals surface area contributed by atoms with Crippen molar-refractivity contribution < 1.29 is 4.79 Å². The molecule has 0 atom stereocenters. The van der Waals surface area contributed by atoms with Gasteiger partial charge in [0, 0.05) is 30.1 Å². The van der Waals surface area contributed by atoms with Crippen LogP contribution >= 0.6 is 0 Å². The van der Waals surface area contributed by atoms with E-state index >= 15 is 0 Å². The molecule has 1 aliphatic rings. The quantitative estimate of drug-likeness (QED) is 0.741. The van der Waals surface area contributed by atoms with Crippen molar-refractivity contribution in [2.45, 2.75) is 19.3 Å². The molecule has 0 spiro atoms. The Labute approximate surface area is 128 Å². The minimum atomic E-state index is 0.263. The van der Waals surface area contributed by atoms with Crippen LogP contribution in [0.15, 0.2) is 36.7 Å². The molecular formula is C17H16N4O. The minimum Gasteiger partial charge on any atom is -0.299 e. The highest BCUT2D eigenvalue weighted by molar-refractivity contribution is 5.87. The third-order valence-corrected chi connectivity index (χ3v) is 4.06. The Kier molecular flexibility index (Phi) is 2.99. The summed E-state index contributed by atoms with van der Waals surface area (Å²) < 4.78 is 1.78. The number of carbonyl (C=O) groups is 1. The number of hydrogen-bond acceptors (Lipinski definition) is 4. The summed E-state index contributed by atoms with van der Waals surface area (Å²) in [6.07, 6.45) is 6.28. The average Bonchev–Trinajstić information content (AvgIpc) is 3.28. The molecule has 1 aromatic carbocycles. The van der Waals surface area contributed by atoms with Crippen molar-refractivity contribution in [1.29, 1.82) is 0 Å². The fraction of sp³-hybridized carbons (Fsp3) is 0.294. The Morgan fingerprint density at radius 3 is 2.82 bits per heavy atom. The molecule has 0 amide bonds. The van der Waals surface area contributed by atoms with Crippen LogP contribution in [0, 0.1) is 5.92 Å². The highest BCUT2D eigenvalue weighted by atomic mass is 16.1. The number of nitrogens with zero attached hydrogens (tertiary/aromatic N) is 4. The Hall–Kier alpha value is -2.56. The van der Waals surface area contributed by atoms with Gasteiger partial charge < -0.3 is 0 Å². The third kappa shape index (κ3) is 2.50. The molecule has 0 N–H and O–H groups in total. The zero-order chi connectivity index (χ0) is 15.1. The van der Waals surface area contributed by atoms with E-state index in [1.165, 1.54) is 0 Å². The maximum Gasteiger partial charge on any atom is 0.141 e.